The third-order valence-corrected chi connectivity index (χ3v) is 2.23. The largest absolute Gasteiger partial charge is 0.344 e. The lowest BCUT2D eigenvalue weighted by molar-refractivity contribution is -0.644. The molecule has 2 N–H and O–H groups in total. The fourth-order valence-electron chi connectivity index (χ4n) is 1.60. The maximum Gasteiger partial charge on any atom is 0.137 e. The Bertz CT molecular complexity index is 417. The van der Waals surface area contributed by atoms with Crippen molar-refractivity contribution in [3.05, 3.63) is 35.8 Å². The number of nitrogens with zero attached hydrogens (tertiary/aromatic N) is 2. The van der Waals surface area contributed by atoms with Crippen LogP contribution in [0.2, 0.25) is 0 Å². The maximum absolute atomic E-state index is 4.47. The van der Waals surface area contributed by atoms with Crippen molar-refractivity contribution < 1.29 is 5.32 Å². The topological polar surface area (TPSA) is 33.9 Å². The Balaban J connectivity index is 2.64. The number of rotatable bonds is 2. The summed E-state index contributed by atoms with van der Waals surface area (Å²) in [4.78, 5) is 4.47. The van der Waals surface area contributed by atoms with Gasteiger partial charge in [0.15, 0.2) is 0 Å². The minimum Gasteiger partial charge on any atom is -0.344 e. The van der Waals surface area contributed by atoms with E-state index in [-0.39, 0.29) is 0 Å². The van der Waals surface area contributed by atoms with Gasteiger partial charge in [0, 0.05) is 6.20 Å². The van der Waals surface area contributed by atoms with Crippen LogP contribution in [0, 0.1) is 6.92 Å². The lowest BCUT2D eigenvalue weighted by atomic mass is 10.3. The molecule has 2 aromatic heterocycles. The van der Waals surface area contributed by atoms with E-state index in [1.54, 1.807) is 0 Å². The summed E-state index contributed by atoms with van der Waals surface area (Å²) >= 11 is 0. The van der Waals surface area contributed by atoms with E-state index in [4.69, 9.17) is 0 Å². The number of aryl methyl sites for hydroxylation is 1. The van der Waals surface area contributed by atoms with Crippen molar-refractivity contribution in [2.75, 3.05) is 7.05 Å². The SMILES string of the molecule is C[NH2+]Cc1c(C)nc2ccccn12. The fourth-order valence-corrected chi connectivity index (χ4v) is 1.60. The first-order valence-electron chi connectivity index (χ1n) is 4.53. The van der Waals surface area contributed by atoms with E-state index in [0.717, 1.165) is 17.9 Å². The second-order valence-electron chi connectivity index (χ2n) is 3.19. The highest BCUT2D eigenvalue weighted by Gasteiger charge is 2.07. The summed E-state index contributed by atoms with van der Waals surface area (Å²) in [5.41, 5.74) is 3.46. The Kier molecular flexibility index (Phi) is 2.02. The van der Waals surface area contributed by atoms with E-state index in [9.17, 15) is 0 Å². The summed E-state index contributed by atoms with van der Waals surface area (Å²) in [7, 11) is 2.07. The van der Waals surface area contributed by atoms with E-state index in [2.05, 4.69) is 34.9 Å². The highest BCUT2D eigenvalue weighted by Crippen LogP contribution is 2.09. The molecule has 0 fully saturated rings. The van der Waals surface area contributed by atoms with Gasteiger partial charge >= 0.3 is 0 Å². The molecule has 2 rings (SSSR count). The van der Waals surface area contributed by atoms with Crippen LogP contribution >= 0.6 is 0 Å². The summed E-state index contributed by atoms with van der Waals surface area (Å²) in [5.74, 6) is 0. The molecule has 0 spiro atoms. The van der Waals surface area contributed by atoms with Gasteiger partial charge in [0.05, 0.1) is 18.4 Å². The smallest absolute Gasteiger partial charge is 0.137 e. The molecule has 0 aliphatic carbocycles. The van der Waals surface area contributed by atoms with Gasteiger partial charge in [0.1, 0.15) is 12.2 Å². The van der Waals surface area contributed by atoms with Gasteiger partial charge < -0.3 is 5.32 Å². The number of hydrogen-bond donors (Lipinski definition) is 1. The Morgan fingerprint density at radius 3 is 3.08 bits per heavy atom. The average Bonchev–Trinajstić information content (AvgIpc) is 2.44. The van der Waals surface area contributed by atoms with E-state index in [1.165, 1.54) is 5.69 Å². The zero-order valence-corrected chi connectivity index (χ0v) is 7.99. The number of nitrogens with two attached hydrogens (primary N) is 1. The van der Waals surface area contributed by atoms with Crippen LogP contribution in [0.25, 0.3) is 5.65 Å². The summed E-state index contributed by atoms with van der Waals surface area (Å²) in [6.45, 7) is 3.04. The van der Waals surface area contributed by atoms with Gasteiger partial charge in [-0.05, 0) is 19.1 Å². The number of fused-ring (bicyclic) bond motifs is 1. The van der Waals surface area contributed by atoms with Crippen molar-refractivity contribution in [1.29, 1.82) is 0 Å². The third-order valence-electron chi connectivity index (χ3n) is 2.23. The maximum atomic E-state index is 4.47. The quantitative estimate of drug-likeness (QED) is 0.703. The molecular weight excluding hydrogens is 162 g/mol. The van der Waals surface area contributed by atoms with Gasteiger partial charge in [-0.1, -0.05) is 6.07 Å². The molecule has 0 amide bonds. The highest BCUT2D eigenvalue weighted by molar-refractivity contribution is 5.42. The zero-order chi connectivity index (χ0) is 9.26. The van der Waals surface area contributed by atoms with Crippen LogP contribution in [-0.4, -0.2) is 16.4 Å². The summed E-state index contributed by atoms with van der Waals surface area (Å²) < 4.78 is 2.15. The average molecular weight is 176 g/mol. The molecule has 2 aromatic rings. The molecule has 3 nitrogen and oxygen atoms in total. The molecule has 0 aromatic carbocycles. The monoisotopic (exact) mass is 176 g/mol. The summed E-state index contributed by atoms with van der Waals surface area (Å²) in [5, 5.41) is 2.16. The summed E-state index contributed by atoms with van der Waals surface area (Å²) in [6.07, 6.45) is 2.06. The number of aromatic nitrogens is 2. The highest BCUT2D eigenvalue weighted by atomic mass is 15.0. The molecule has 0 bridgehead atoms. The van der Waals surface area contributed by atoms with Crippen LogP contribution < -0.4 is 5.32 Å². The van der Waals surface area contributed by atoms with Gasteiger partial charge in [-0.15, -0.1) is 0 Å². The van der Waals surface area contributed by atoms with E-state index >= 15 is 0 Å². The lowest BCUT2D eigenvalue weighted by Gasteiger charge is -1.98. The van der Waals surface area contributed by atoms with Crippen LogP contribution in [-0.2, 0) is 6.54 Å². The number of hydrogen-bond acceptors (Lipinski definition) is 1. The molecule has 0 radical (unpaired) electrons. The standard InChI is InChI=1S/C10H13N3/c1-8-9(7-11-2)13-6-4-3-5-10(13)12-8/h3-6,11H,7H2,1-2H3/p+1. The van der Waals surface area contributed by atoms with Crippen molar-refractivity contribution in [2.45, 2.75) is 13.5 Å². The van der Waals surface area contributed by atoms with Crippen molar-refractivity contribution in [3.63, 3.8) is 0 Å². The summed E-state index contributed by atoms with van der Waals surface area (Å²) in [6, 6.07) is 6.08. The minimum atomic E-state index is 0.983. The molecule has 0 saturated heterocycles. The molecule has 2 heterocycles. The van der Waals surface area contributed by atoms with Gasteiger partial charge in [-0.25, -0.2) is 4.98 Å². The van der Waals surface area contributed by atoms with Crippen molar-refractivity contribution >= 4 is 5.65 Å². The first-order chi connectivity index (χ1) is 6.33. The molecule has 0 aliphatic rings. The van der Waals surface area contributed by atoms with Gasteiger partial charge in [-0.3, -0.25) is 4.40 Å². The van der Waals surface area contributed by atoms with Crippen LogP contribution in [0.5, 0.6) is 0 Å². The second kappa shape index (κ2) is 3.18. The molecule has 0 atom stereocenters. The normalized spacial score (nSPS) is 10.9. The Hall–Kier alpha value is -1.35. The predicted molar refractivity (Wildman–Crippen MR) is 51.5 cm³/mol. The molecule has 0 aliphatic heterocycles. The number of imidazole rings is 1. The first kappa shape index (κ1) is 8.26. The number of pyridine rings is 1. The molecular formula is C10H14N3+. The Labute approximate surface area is 77.4 Å². The fraction of sp³-hybridized carbons (Fsp3) is 0.300. The van der Waals surface area contributed by atoms with Gasteiger partial charge in [0.2, 0.25) is 0 Å². The van der Waals surface area contributed by atoms with Crippen LogP contribution in [0.3, 0.4) is 0 Å². The van der Waals surface area contributed by atoms with Crippen molar-refractivity contribution in [2.24, 2.45) is 0 Å². The molecule has 13 heavy (non-hydrogen) atoms. The zero-order valence-electron chi connectivity index (χ0n) is 7.99. The number of quaternary nitrogens is 1. The predicted octanol–water partition coefficient (Wildman–Crippen LogP) is 0.336. The Morgan fingerprint density at radius 2 is 2.31 bits per heavy atom. The minimum absolute atomic E-state index is 0.983. The lowest BCUT2D eigenvalue weighted by Crippen LogP contribution is -2.78. The molecule has 0 unspecified atom stereocenters. The van der Waals surface area contributed by atoms with Crippen LogP contribution in [0.1, 0.15) is 11.4 Å². The Morgan fingerprint density at radius 1 is 1.46 bits per heavy atom. The van der Waals surface area contributed by atoms with Gasteiger partial charge in [-0.2, -0.15) is 0 Å². The van der Waals surface area contributed by atoms with Crippen molar-refractivity contribution in [3.8, 4) is 0 Å². The van der Waals surface area contributed by atoms with Crippen LogP contribution in [0.15, 0.2) is 24.4 Å². The first-order valence-corrected chi connectivity index (χ1v) is 4.53. The molecule has 68 valence electrons. The van der Waals surface area contributed by atoms with Gasteiger partial charge in [0.25, 0.3) is 0 Å². The van der Waals surface area contributed by atoms with E-state index < -0.39 is 0 Å². The van der Waals surface area contributed by atoms with E-state index in [1.807, 2.05) is 18.2 Å². The van der Waals surface area contributed by atoms with Crippen LogP contribution in [0.4, 0.5) is 0 Å². The molecule has 3 heteroatoms. The third kappa shape index (κ3) is 1.31. The molecule has 0 saturated carbocycles. The van der Waals surface area contributed by atoms with E-state index in [0.29, 0.717) is 0 Å². The second-order valence-corrected chi connectivity index (χ2v) is 3.19. The van der Waals surface area contributed by atoms with Crippen molar-refractivity contribution in [1.82, 2.24) is 9.38 Å².